The van der Waals surface area contributed by atoms with Crippen molar-refractivity contribution >= 4 is 28.4 Å². The van der Waals surface area contributed by atoms with Crippen LogP contribution >= 0.6 is 0 Å². The Morgan fingerprint density at radius 1 is 1.04 bits per heavy atom. The molecule has 120 valence electrons. The first-order chi connectivity index (χ1) is 11.5. The molecular formula is C20H18N2O2. The Morgan fingerprint density at radius 3 is 2.46 bits per heavy atom. The summed E-state index contributed by atoms with van der Waals surface area (Å²) >= 11 is 0. The van der Waals surface area contributed by atoms with Crippen LogP contribution in [0.25, 0.3) is 17.0 Å². The lowest BCUT2D eigenvalue weighted by Crippen LogP contribution is -2.09. The van der Waals surface area contributed by atoms with Gasteiger partial charge in [0.1, 0.15) is 0 Å². The minimum absolute atomic E-state index is 0.132. The molecule has 0 aliphatic carbocycles. The maximum absolute atomic E-state index is 12.3. The predicted molar refractivity (Wildman–Crippen MR) is 98.7 cm³/mol. The Labute approximate surface area is 140 Å². The van der Waals surface area contributed by atoms with E-state index in [-0.39, 0.29) is 11.3 Å². The molecule has 0 saturated carbocycles. The van der Waals surface area contributed by atoms with E-state index >= 15 is 0 Å². The van der Waals surface area contributed by atoms with Crippen molar-refractivity contribution in [3.05, 3.63) is 82.2 Å². The van der Waals surface area contributed by atoms with Gasteiger partial charge in [0.15, 0.2) is 5.78 Å². The second-order valence-electron chi connectivity index (χ2n) is 5.78. The van der Waals surface area contributed by atoms with E-state index < -0.39 is 0 Å². The predicted octanol–water partition coefficient (Wildman–Crippen LogP) is 3.49. The molecule has 2 aromatic carbocycles. The molecule has 3 rings (SSSR count). The number of hydrogen-bond acceptors (Lipinski definition) is 3. The summed E-state index contributed by atoms with van der Waals surface area (Å²) in [6, 6.07) is 16.7. The monoisotopic (exact) mass is 318 g/mol. The van der Waals surface area contributed by atoms with Gasteiger partial charge in [-0.3, -0.25) is 9.59 Å². The van der Waals surface area contributed by atoms with E-state index in [4.69, 9.17) is 0 Å². The van der Waals surface area contributed by atoms with Crippen LogP contribution in [0.2, 0.25) is 0 Å². The average Bonchev–Trinajstić information content (AvgIpc) is 2.59. The van der Waals surface area contributed by atoms with Gasteiger partial charge in [-0.25, -0.2) is 0 Å². The lowest BCUT2D eigenvalue weighted by atomic mass is 10.1. The average molecular weight is 318 g/mol. The molecule has 0 fully saturated rings. The SMILES string of the molecule is CN(C)c1ccc(C(=O)/C=C/c2cc3ccccc3[nH]c2=O)cc1. The number of aromatic nitrogens is 1. The van der Waals surface area contributed by atoms with Crippen LogP contribution in [0.15, 0.2) is 65.5 Å². The number of ketones is 1. The molecule has 4 nitrogen and oxygen atoms in total. The van der Waals surface area contributed by atoms with Crippen molar-refractivity contribution in [2.75, 3.05) is 19.0 Å². The Morgan fingerprint density at radius 2 is 1.75 bits per heavy atom. The maximum atomic E-state index is 12.3. The van der Waals surface area contributed by atoms with Gasteiger partial charge in [0.2, 0.25) is 0 Å². The van der Waals surface area contributed by atoms with Crippen LogP contribution < -0.4 is 10.5 Å². The number of rotatable bonds is 4. The number of aromatic amines is 1. The van der Waals surface area contributed by atoms with Crippen LogP contribution in [0.5, 0.6) is 0 Å². The van der Waals surface area contributed by atoms with Crippen molar-refractivity contribution < 1.29 is 4.79 Å². The molecule has 0 bridgehead atoms. The van der Waals surface area contributed by atoms with Gasteiger partial charge in [0.25, 0.3) is 5.56 Å². The summed E-state index contributed by atoms with van der Waals surface area (Å²) in [5.41, 5.74) is 2.66. The molecular weight excluding hydrogens is 300 g/mol. The molecule has 0 saturated heterocycles. The highest BCUT2D eigenvalue weighted by molar-refractivity contribution is 6.07. The molecule has 1 aromatic heterocycles. The fraction of sp³-hybridized carbons (Fsp3) is 0.100. The first-order valence-corrected chi connectivity index (χ1v) is 7.66. The highest BCUT2D eigenvalue weighted by Gasteiger charge is 2.04. The van der Waals surface area contributed by atoms with E-state index in [1.54, 1.807) is 24.3 Å². The number of hydrogen-bond donors (Lipinski definition) is 1. The zero-order valence-corrected chi connectivity index (χ0v) is 13.6. The summed E-state index contributed by atoms with van der Waals surface area (Å²) in [6.07, 6.45) is 3.00. The number of para-hydroxylation sites is 1. The molecule has 0 unspecified atom stereocenters. The summed E-state index contributed by atoms with van der Waals surface area (Å²) in [5, 5.41) is 0.930. The van der Waals surface area contributed by atoms with Gasteiger partial charge in [-0.15, -0.1) is 0 Å². The number of nitrogens with one attached hydrogen (secondary N) is 1. The van der Waals surface area contributed by atoms with Crippen molar-refractivity contribution in [1.29, 1.82) is 0 Å². The van der Waals surface area contributed by atoms with Gasteiger partial charge in [-0.1, -0.05) is 18.2 Å². The number of carbonyl (C=O) groups excluding carboxylic acids is 1. The Balaban J connectivity index is 1.86. The van der Waals surface area contributed by atoms with E-state index in [9.17, 15) is 9.59 Å². The van der Waals surface area contributed by atoms with Gasteiger partial charge in [0, 0.05) is 36.4 Å². The number of pyridine rings is 1. The Hall–Kier alpha value is -3.14. The van der Waals surface area contributed by atoms with Crippen LogP contribution in [0.3, 0.4) is 0 Å². The zero-order valence-electron chi connectivity index (χ0n) is 13.6. The lowest BCUT2D eigenvalue weighted by molar-refractivity contribution is 0.104. The fourth-order valence-electron chi connectivity index (χ4n) is 2.47. The summed E-state index contributed by atoms with van der Waals surface area (Å²) in [4.78, 5) is 29.1. The van der Waals surface area contributed by atoms with Crippen molar-refractivity contribution in [3.8, 4) is 0 Å². The van der Waals surface area contributed by atoms with Crippen LogP contribution in [0.4, 0.5) is 5.69 Å². The topological polar surface area (TPSA) is 53.2 Å². The smallest absolute Gasteiger partial charge is 0.255 e. The maximum Gasteiger partial charge on any atom is 0.255 e. The molecule has 0 amide bonds. The quantitative estimate of drug-likeness (QED) is 0.592. The molecule has 24 heavy (non-hydrogen) atoms. The molecule has 0 radical (unpaired) electrons. The summed E-state index contributed by atoms with van der Waals surface area (Å²) < 4.78 is 0. The van der Waals surface area contributed by atoms with E-state index in [1.165, 1.54) is 6.08 Å². The van der Waals surface area contributed by atoms with E-state index in [1.807, 2.05) is 55.4 Å². The number of anilines is 1. The Bertz CT molecular complexity index is 967. The zero-order chi connectivity index (χ0) is 17.1. The minimum Gasteiger partial charge on any atom is -0.378 e. The largest absolute Gasteiger partial charge is 0.378 e. The summed E-state index contributed by atoms with van der Waals surface area (Å²) in [5.74, 6) is -0.132. The van der Waals surface area contributed by atoms with Crippen molar-refractivity contribution in [2.24, 2.45) is 0 Å². The molecule has 1 N–H and O–H groups in total. The standard InChI is InChI=1S/C20H18N2O2/c1-22(2)17-10-7-14(8-11-17)19(23)12-9-16-13-15-5-3-4-6-18(15)21-20(16)24/h3-13H,1-2H3,(H,21,24)/b12-9+. The van der Waals surface area contributed by atoms with Crippen LogP contribution in [0, 0.1) is 0 Å². The molecule has 1 heterocycles. The number of H-pyrrole nitrogens is 1. The molecule has 3 aromatic rings. The van der Waals surface area contributed by atoms with Crippen molar-refractivity contribution in [1.82, 2.24) is 4.98 Å². The highest BCUT2D eigenvalue weighted by Crippen LogP contribution is 2.14. The van der Waals surface area contributed by atoms with Gasteiger partial charge >= 0.3 is 0 Å². The molecule has 4 heteroatoms. The first-order valence-electron chi connectivity index (χ1n) is 7.66. The number of benzene rings is 2. The summed E-state index contributed by atoms with van der Waals surface area (Å²) in [7, 11) is 3.89. The molecule has 0 atom stereocenters. The third-order valence-electron chi connectivity index (χ3n) is 3.86. The normalized spacial score (nSPS) is 11.1. The highest BCUT2D eigenvalue weighted by atomic mass is 16.1. The second-order valence-corrected chi connectivity index (χ2v) is 5.78. The summed E-state index contributed by atoms with van der Waals surface area (Å²) in [6.45, 7) is 0. The number of fused-ring (bicyclic) bond motifs is 1. The third-order valence-corrected chi connectivity index (χ3v) is 3.86. The van der Waals surface area contributed by atoms with Gasteiger partial charge in [-0.05, 0) is 53.9 Å². The molecule has 0 aliphatic rings. The Kier molecular flexibility index (Phi) is 4.29. The van der Waals surface area contributed by atoms with E-state index in [2.05, 4.69) is 4.98 Å². The van der Waals surface area contributed by atoms with E-state index in [0.717, 1.165) is 16.6 Å². The molecule has 0 aliphatic heterocycles. The number of allylic oxidation sites excluding steroid dienone is 1. The minimum atomic E-state index is -0.208. The van der Waals surface area contributed by atoms with Crippen LogP contribution in [0.1, 0.15) is 15.9 Å². The van der Waals surface area contributed by atoms with Crippen LogP contribution in [-0.4, -0.2) is 24.9 Å². The van der Waals surface area contributed by atoms with E-state index in [0.29, 0.717) is 11.1 Å². The number of carbonyl (C=O) groups is 1. The van der Waals surface area contributed by atoms with Gasteiger partial charge < -0.3 is 9.88 Å². The second kappa shape index (κ2) is 6.54. The van der Waals surface area contributed by atoms with Crippen LogP contribution in [-0.2, 0) is 0 Å². The van der Waals surface area contributed by atoms with Crippen molar-refractivity contribution in [3.63, 3.8) is 0 Å². The number of nitrogens with zero attached hydrogens (tertiary/aromatic N) is 1. The van der Waals surface area contributed by atoms with Gasteiger partial charge in [0.05, 0.1) is 0 Å². The molecule has 0 spiro atoms. The lowest BCUT2D eigenvalue weighted by Gasteiger charge is -2.11. The first kappa shape index (κ1) is 15.7. The van der Waals surface area contributed by atoms with Crippen molar-refractivity contribution in [2.45, 2.75) is 0 Å². The third kappa shape index (κ3) is 3.27. The fourth-order valence-corrected chi connectivity index (χ4v) is 2.47. The van der Waals surface area contributed by atoms with Gasteiger partial charge in [-0.2, -0.15) is 0 Å².